The molecule has 346 valence electrons. The van der Waals surface area contributed by atoms with Gasteiger partial charge in [0.25, 0.3) is 0 Å². The molecule has 0 spiro atoms. The maximum absolute atomic E-state index is 13.1. The Kier molecular flexibility index (Phi) is 34.9. The van der Waals surface area contributed by atoms with Gasteiger partial charge in [-0.05, 0) is 18.8 Å². The molecule has 0 aliphatic carbocycles. The van der Waals surface area contributed by atoms with Crippen molar-refractivity contribution in [1.29, 1.82) is 0 Å². The summed E-state index contributed by atoms with van der Waals surface area (Å²) < 4.78 is 11.1. The Morgan fingerprint density at radius 2 is 1.00 bits per heavy atom. The summed E-state index contributed by atoms with van der Waals surface area (Å²) in [4.78, 5) is 13.1. The number of rotatable bonds is 40. The molecule has 10 atom stereocenters. The van der Waals surface area contributed by atoms with Gasteiger partial charge in [-0.1, -0.05) is 207 Å². The number of hydrogen-bond donors (Lipinski definition) is 8. The van der Waals surface area contributed by atoms with Crippen molar-refractivity contribution in [2.24, 2.45) is 5.92 Å². The Hall–Kier alpha value is -0.890. The van der Waals surface area contributed by atoms with E-state index in [0.29, 0.717) is 19.3 Å². The molecule has 11 nitrogen and oxygen atoms in total. The van der Waals surface area contributed by atoms with E-state index in [1.807, 2.05) is 0 Å². The fourth-order valence-electron chi connectivity index (χ4n) is 8.01. The van der Waals surface area contributed by atoms with Crippen molar-refractivity contribution in [3.63, 3.8) is 0 Å². The molecule has 11 heteroatoms. The third kappa shape index (κ3) is 26.4. The van der Waals surface area contributed by atoms with E-state index in [-0.39, 0.29) is 6.42 Å². The summed E-state index contributed by atoms with van der Waals surface area (Å²) in [6, 6.07) is -1.16. The highest BCUT2D eigenvalue weighted by atomic mass is 16.7. The van der Waals surface area contributed by atoms with E-state index in [2.05, 4.69) is 26.1 Å². The van der Waals surface area contributed by atoms with Crippen LogP contribution >= 0.6 is 0 Å². The first-order valence-electron chi connectivity index (χ1n) is 24.3. The van der Waals surface area contributed by atoms with Gasteiger partial charge in [-0.2, -0.15) is 0 Å². The van der Waals surface area contributed by atoms with Gasteiger partial charge in [0.05, 0.1) is 25.4 Å². The SMILES string of the molecule is CCCCCCCCCCCCCCCCCCCCCC[C@@H](O)C(=O)N[C@@H](CO[C@@H]1O[C@H](CO)[C@@H](O)[C@H](O)[C@H]1O)[C@H](O)[C@H](O)CCCCCCCCCC(C)CC. The van der Waals surface area contributed by atoms with Crippen LogP contribution in [0.3, 0.4) is 0 Å². The molecule has 0 aromatic carbocycles. The minimum Gasteiger partial charge on any atom is -0.394 e. The topological polar surface area (TPSA) is 189 Å². The van der Waals surface area contributed by atoms with Crippen molar-refractivity contribution >= 4 is 5.91 Å². The second-order valence-electron chi connectivity index (χ2n) is 17.8. The van der Waals surface area contributed by atoms with E-state index in [9.17, 15) is 40.5 Å². The third-order valence-corrected chi connectivity index (χ3v) is 12.5. The van der Waals surface area contributed by atoms with Crippen LogP contribution in [-0.2, 0) is 14.3 Å². The number of carbonyl (C=O) groups excluding carboxylic acids is 1. The number of aliphatic hydroxyl groups excluding tert-OH is 7. The predicted octanol–water partition coefficient (Wildman–Crippen LogP) is 8.14. The van der Waals surface area contributed by atoms with Gasteiger partial charge < -0.3 is 50.5 Å². The molecule has 0 saturated carbocycles. The number of carbonyl (C=O) groups is 1. The molecule has 1 fully saturated rings. The fourth-order valence-corrected chi connectivity index (χ4v) is 8.01. The second-order valence-corrected chi connectivity index (χ2v) is 17.8. The molecule has 1 rings (SSSR count). The molecule has 1 unspecified atom stereocenters. The summed E-state index contributed by atoms with van der Waals surface area (Å²) >= 11 is 0. The maximum atomic E-state index is 13.1. The summed E-state index contributed by atoms with van der Waals surface area (Å²) in [5.41, 5.74) is 0. The van der Waals surface area contributed by atoms with Gasteiger partial charge in [0, 0.05) is 0 Å². The van der Waals surface area contributed by atoms with Crippen LogP contribution in [0.15, 0.2) is 0 Å². The van der Waals surface area contributed by atoms with Crippen LogP contribution in [0.25, 0.3) is 0 Å². The minimum absolute atomic E-state index is 0.265. The monoisotopic (exact) mass is 832 g/mol. The first kappa shape index (κ1) is 55.1. The zero-order valence-electron chi connectivity index (χ0n) is 37.5. The number of aliphatic hydroxyl groups is 7. The lowest BCUT2D eigenvalue weighted by molar-refractivity contribution is -0.303. The number of ether oxygens (including phenoxy) is 2. The molecule has 1 aliphatic rings. The Labute approximate surface area is 354 Å². The van der Waals surface area contributed by atoms with Crippen molar-refractivity contribution in [2.75, 3.05) is 13.2 Å². The largest absolute Gasteiger partial charge is 0.394 e. The second kappa shape index (κ2) is 36.7. The molecule has 1 saturated heterocycles. The molecule has 1 heterocycles. The van der Waals surface area contributed by atoms with Crippen LogP contribution in [0.5, 0.6) is 0 Å². The van der Waals surface area contributed by atoms with Crippen LogP contribution in [0.2, 0.25) is 0 Å². The standard InChI is InChI=1S/C47H93NO10/c1-4-6-7-8-9-10-11-12-13-14-15-16-17-18-19-20-21-24-28-31-34-40(51)46(56)48-38(36-57-47-45(55)44(54)43(53)41(35-49)58-47)42(52)39(50)33-30-27-25-22-23-26-29-32-37(3)5-2/h37-45,47,49-55H,4-36H2,1-3H3,(H,48,56)/t37?,38-,39+,40+,41+,42-,43+,44-,45+,47+/m0/s1. The highest BCUT2D eigenvalue weighted by Gasteiger charge is 2.44. The average molecular weight is 832 g/mol. The molecule has 0 aromatic rings. The molecule has 58 heavy (non-hydrogen) atoms. The lowest BCUT2D eigenvalue weighted by Crippen LogP contribution is -2.60. The number of nitrogens with one attached hydrogen (secondary N) is 1. The zero-order chi connectivity index (χ0) is 42.8. The van der Waals surface area contributed by atoms with Crippen LogP contribution in [0.1, 0.15) is 220 Å². The summed E-state index contributed by atoms with van der Waals surface area (Å²) in [7, 11) is 0. The summed E-state index contributed by atoms with van der Waals surface area (Å²) in [5, 5.41) is 75.7. The maximum Gasteiger partial charge on any atom is 0.249 e. The molecule has 1 aliphatic heterocycles. The van der Waals surface area contributed by atoms with Crippen molar-refractivity contribution < 1.29 is 50.0 Å². The van der Waals surface area contributed by atoms with Gasteiger partial charge in [0.2, 0.25) is 5.91 Å². The molecular formula is C47H93NO10. The van der Waals surface area contributed by atoms with Gasteiger partial charge in [0.1, 0.15) is 36.6 Å². The van der Waals surface area contributed by atoms with Crippen molar-refractivity contribution in [3.05, 3.63) is 0 Å². The van der Waals surface area contributed by atoms with Crippen molar-refractivity contribution in [1.82, 2.24) is 5.32 Å². The Balaban J connectivity index is 2.38. The van der Waals surface area contributed by atoms with Gasteiger partial charge in [0.15, 0.2) is 6.29 Å². The molecule has 0 aromatic heterocycles. The van der Waals surface area contributed by atoms with Crippen molar-refractivity contribution in [2.45, 2.75) is 275 Å². The normalized spacial score (nSPS) is 22.4. The first-order valence-corrected chi connectivity index (χ1v) is 24.3. The molecular weight excluding hydrogens is 739 g/mol. The highest BCUT2D eigenvalue weighted by Crippen LogP contribution is 2.23. The quantitative estimate of drug-likeness (QED) is 0.0280. The summed E-state index contributed by atoms with van der Waals surface area (Å²) in [6.07, 6.45) is 24.5. The van der Waals surface area contributed by atoms with Crippen molar-refractivity contribution in [3.8, 4) is 0 Å². The van der Waals surface area contributed by atoms with E-state index in [0.717, 1.165) is 44.4 Å². The summed E-state index contributed by atoms with van der Waals surface area (Å²) in [5.74, 6) is 0.0837. The zero-order valence-corrected chi connectivity index (χ0v) is 37.5. The third-order valence-electron chi connectivity index (χ3n) is 12.5. The van der Waals surface area contributed by atoms with E-state index < -0.39 is 74.2 Å². The van der Waals surface area contributed by atoms with E-state index >= 15 is 0 Å². The van der Waals surface area contributed by atoms with Crippen LogP contribution < -0.4 is 5.32 Å². The number of hydrogen-bond acceptors (Lipinski definition) is 10. The van der Waals surface area contributed by atoms with Gasteiger partial charge in [-0.15, -0.1) is 0 Å². The Morgan fingerprint density at radius 3 is 1.43 bits per heavy atom. The van der Waals surface area contributed by atoms with Crippen LogP contribution in [-0.4, -0.2) is 110 Å². The lowest BCUT2D eigenvalue weighted by atomic mass is 9.98. The first-order chi connectivity index (χ1) is 28.1. The highest BCUT2D eigenvalue weighted by molar-refractivity contribution is 5.80. The van der Waals surface area contributed by atoms with Crippen LogP contribution in [0.4, 0.5) is 0 Å². The molecule has 8 N–H and O–H groups in total. The smallest absolute Gasteiger partial charge is 0.249 e. The number of amides is 1. The van der Waals surface area contributed by atoms with E-state index in [4.69, 9.17) is 9.47 Å². The van der Waals surface area contributed by atoms with Gasteiger partial charge in [-0.3, -0.25) is 4.79 Å². The summed E-state index contributed by atoms with van der Waals surface area (Å²) in [6.45, 7) is 5.74. The predicted molar refractivity (Wildman–Crippen MR) is 233 cm³/mol. The van der Waals surface area contributed by atoms with E-state index in [1.165, 1.54) is 135 Å². The Bertz CT molecular complexity index is 928. The average Bonchev–Trinajstić information content (AvgIpc) is 3.22. The molecule has 1 amide bonds. The minimum atomic E-state index is -1.66. The lowest BCUT2D eigenvalue weighted by Gasteiger charge is -2.40. The van der Waals surface area contributed by atoms with E-state index in [1.54, 1.807) is 0 Å². The molecule has 0 radical (unpaired) electrons. The van der Waals surface area contributed by atoms with Gasteiger partial charge in [-0.25, -0.2) is 0 Å². The molecule has 0 bridgehead atoms. The Morgan fingerprint density at radius 1 is 0.586 bits per heavy atom. The van der Waals surface area contributed by atoms with Gasteiger partial charge >= 0.3 is 0 Å². The number of unbranched alkanes of at least 4 members (excludes halogenated alkanes) is 25. The fraction of sp³-hybridized carbons (Fsp3) is 0.979. The van der Waals surface area contributed by atoms with Crippen LogP contribution in [0, 0.1) is 5.92 Å².